The first-order valence-electron chi connectivity index (χ1n) is 6.91. The van der Waals surface area contributed by atoms with Crippen LogP contribution in [0.1, 0.15) is 31.2 Å². The topological polar surface area (TPSA) is 41.1 Å². The van der Waals surface area contributed by atoms with Gasteiger partial charge in [0.25, 0.3) is 0 Å². The predicted molar refractivity (Wildman–Crippen MR) is 82.3 cm³/mol. The van der Waals surface area contributed by atoms with E-state index in [1.165, 1.54) is 12.8 Å². The minimum atomic E-state index is 0.121. The molecule has 0 spiro atoms. The smallest absolute Gasteiger partial charge is 0.224 e. The first kappa shape index (κ1) is 14.5. The molecule has 2 N–H and O–H groups in total. The lowest BCUT2D eigenvalue weighted by Gasteiger charge is -2.22. The number of hydrogen-bond acceptors (Lipinski definition) is 2. The second-order valence-electron chi connectivity index (χ2n) is 5.30. The average Bonchev–Trinajstić information content (AvgIpc) is 2.36. The highest BCUT2D eigenvalue weighted by Gasteiger charge is 2.14. The number of anilines is 1. The molecule has 0 saturated carbocycles. The second-order valence-corrected chi connectivity index (χ2v) is 6.21. The first-order valence-corrected chi connectivity index (χ1v) is 7.70. The summed E-state index contributed by atoms with van der Waals surface area (Å²) in [6, 6.07) is 5.97. The second kappa shape index (κ2) is 7.06. The van der Waals surface area contributed by atoms with Crippen LogP contribution in [0.2, 0.25) is 0 Å². The fourth-order valence-corrected chi connectivity index (χ4v) is 3.15. The van der Waals surface area contributed by atoms with Crippen molar-refractivity contribution in [2.75, 3.05) is 18.4 Å². The Labute approximate surface area is 123 Å². The number of amides is 1. The predicted octanol–water partition coefficient (Wildman–Crippen LogP) is 3.48. The van der Waals surface area contributed by atoms with Gasteiger partial charge in [0.15, 0.2) is 0 Å². The van der Waals surface area contributed by atoms with Crippen molar-refractivity contribution in [3.05, 3.63) is 28.2 Å². The Morgan fingerprint density at radius 2 is 2.11 bits per heavy atom. The number of aryl methyl sites for hydroxylation is 1. The van der Waals surface area contributed by atoms with E-state index in [1.807, 2.05) is 25.1 Å². The van der Waals surface area contributed by atoms with E-state index in [0.717, 1.165) is 35.2 Å². The zero-order valence-electron chi connectivity index (χ0n) is 11.3. The largest absolute Gasteiger partial charge is 0.326 e. The van der Waals surface area contributed by atoms with Crippen molar-refractivity contribution in [2.24, 2.45) is 5.92 Å². The summed E-state index contributed by atoms with van der Waals surface area (Å²) in [5.41, 5.74) is 2.02. The molecule has 0 unspecified atom stereocenters. The minimum Gasteiger partial charge on any atom is -0.326 e. The molecule has 1 aromatic carbocycles. The number of carbonyl (C=O) groups is 1. The third kappa shape index (κ3) is 4.96. The SMILES string of the molecule is Cc1cc(Br)cc(NC(=O)CCC2CCNCC2)c1. The summed E-state index contributed by atoms with van der Waals surface area (Å²) in [6.45, 7) is 4.21. The summed E-state index contributed by atoms with van der Waals surface area (Å²) in [6.07, 6.45) is 4.02. The van der Waals surface area contributed by atoms with Crippen molar-refractivity contribution < 1.29 is 4.79 Å². The Balaban J connectivity index is 1.80. The summed E-state index contributed by atoms with van der Waals surface area (Å²) >= 11 is 3.45. The Kier molecular flexibility index (Phi) is 5.40. The number of hydrogen-bond donors (Lipinski definition) is 2. The van der Waals surface area contributed by atoms with Gasteiger partial charge in [0.05, 0.1) is 0 Å². The third-order valence-corrected chi connectivity index (χ3v) is 4.02. The minimum absolute atomic E-state index is 0.121. The van der Waals surface area contributed by atoms with Crippen molar-refractivity contribution in [1.29, 1.82) is 0 Å². The molecule has 1 fully saturated rings. The Morgan fingerprint density at radius 3 is 2.79 bits per heavy atom. The summed E-state index contributed by atoms with van der Waals surface area (Å²) in [4.78, 5) is 11.9. The van der Waals surface area contributed by atoms with Gasteiger partial charge in [0.1, 0.15) is 0 Å². The zero-order chi connectivity index (χ0) is 13.7. The summed E-state index contributed by atoms with van der Waals surface area (Å²) < 4.78 is 1.00. The molecule has 1 aliphatic heterocycles. The standard InChI is InChI=1S/C15H21BrN2O/c1-11-8-13(16)10-14(9-11)18-15(19)3-2-12-4-6-17-7-5-12/h8-10,12,17H,2-7H2,1H3,(H,18,19). The van der Waals surface area contributed by atoms with E-state index in [1.54, 1.807) is 0 Å². The normalized spacial score (nSPS) is 16.3. The molecule has 1 aromatic rings. The van der Waals surface area contributed by atoms with E-state index in [0.29, 0.717) is 12.3 Å². The Morgan fingerprint density at radius 1 is 1.37 bits per heavy atom. The molecule has 0 aromatic heterocycles. The van der Waals surface area contributed by atoms with Gasteiger partial charge in [-0.1, -0.05) is 15.9 Å². The number of halogens is 1. The fraction of sp³-hybridized carbons (Fsp3) is 0.533. The molecule has 19 heavy (non-hydrogen) atoms. The maximum Gasteiger partial charge on any atom is 0.224 e. The van der Waals surface area contributed by atoms with Gasteiger partial charge in [-0.2, -0.15) is 0 Å². The molecule has 1 amide bonds. The first-order chi connectivity index (χ1) is 9.13. The average molecular weight is 325 g/mol. The molecule has 4 heteroatoms. The number of benzene rings is 1. The van der Waals surface area contributed by atoms with E-state index in [9.17, 15) is 4.79 Å². The van der Waals surface area contributed by atoms with Crippen LogP contribution in [0.5, 0.6) is 0 Å². The highest BCUT2D eigenvalue weighted by Crippen LogP contribution is 2.21. The van der Waals surface area contributed by atoms with E-state index in [-0.39, 0.29) is 5.91 Å². The molecular weight excluding hydrogens is 304 g/mol. The highest BCUT2D eigenvalue weighted by atomic mass is 79.9. The molecule has 1 heterocycles. The van der Waals surface area contributed by atoms with E-state index in [4.69, 9.17) is 0 Å². The molecule has 0 aliphatic carbocycles. The molecule has 1 saturated heterocycles. The van der Waals surface area contributed by atoms with Crippen LogP contribution in [0.15, 0.2) is 22.7 Å². The van der Waals surface area contributed by atoms with Crippen LogP contribution in [0, 0.1) is 12.8 Å². The number of piperidine rings is 1. The molecule has 1 aliphatic rings. The van der Waals surface area contributed by atoms with Crippen molar-refractivity contribution in [2.45, 2.75) is 32.6 Å². The number of nitrogens with one attached hydrogen (secondary N) is 2. The summed E-state index contributed by atoms with van der Waals surface area (Å²) in [7, 11) is 0. The number of carbonyl (C=O) groups excluding carboxylic acids is 1. The maximum atomic E-state index is 11.9. The van der Waals surface area contributed by atoms with Gasteiger partial charge >= 0.3 is 0 Å². The molecule has 0 bridgehead atoms. The lowest BCUT2D eigenvalue weighted by Crippen LogP contribution is -2.28. The van der Waals surface area contributed by atoms with E-state index in [2.05, 4.69) is 26.6 Å². The lowest BCUT2D eigenvalue weighted by atomic mass is 9.93. The zero-order valence-corrected chi connectivity index (χ0v) is 12.9. The van der Waals surface area contributed by atoms with Gasteiger partial charge in [0, 0.05) is 16.6 Å². The molecule has 2 rings (SSSR count). The third-order valence-electron chi connectivity index (χ3n) is 3.56. The molecular formula is C15H21BrN2O. The molecule has 3 nitrogen and oxygen atoms in total. The van der Waals surface area contributed by atoms with Crippen LogP contribution in [0.3, 0.4) is 0 Å². The molecule has 104 valence electrons. The maximum absolute atomic E-state index is 11.9. The van der Waals surface area contributed by atoms with Crippen LogP contribution < -0.4 is 10.6 Å². The van der Waals surface area contributed by atoms with Crippen molar-refractivity contribution in [3.63, 3.8) is 0 Å². The van der Waals surface area contributed by atoms with Gasteiger partial charge in [-0.3, -0.25) is 4.79 Å². The van der Waals surface area contributed by atoms with Gasteiger partial charge in [0.2, 0.25) is 5.91 Å². The highest BCUT2D eigenvalue weighted by molar-refractivity contribution is 9.10. The van der Waals surface area contributed by atoms with Gasteiger partial charge in [-0.15, -0.1) is 0 Å². The lowest BCUT2D eigenvalue weighted by molar-refractivity contribution is -0.116. The quantitative estimate of drug-likeness (QED) is 0.890. The van der Waals surface area contributed by atoms with Crippen LogP contribution in [0.4, 0.5) is 5.69 Å². The molecule has 0 radical (unpaired) electrons. The van der Waals surface area contributed by atoms with Crippen LogP contribution in [0.25, 0.3) is 0 Å². The summed E-state index contributed by atoms with van der Waals surface area (Å²) in [5, 5.41) is 6.33. The number of rotatable bonds is 4. The van der Waals surface area contributed by atoms with Gasteiger partial charge in [-0.05, 0) is 69.0 Å². The van der Waals surface area contributed by atoms with Crippen molar-refractivity contribution in [3.8, 4) is 0 Å². The fourth-order valence-electron chi connectivity index (χ4n) is 2.54. The molecule has 0 atom stereocenters. The summed E-state index contributed by atoms with van der Waals surface area (Å²) in [5.74, 6) is 0.826. The van der Waals surface area contributed by atoms with Crippen LogP contribution in [-0.2, 0) is 4.79 Å². The van der Waals surface area contributed by atoms with Crippen molar-refractivity contribution in [1.82, 2.24) is 5.32 Å². The van der Waals surface area contributed by atoms with Crippen LogP contribution in [-0.4, -0.2) is 19.0 Å². The van der Waals surface area contributed by atoms with Crippen LogP contribution >= 0.6 is 15.9 Å². The van der Waals surface area contributed by atoms with Crippen molar-refractivity contribution >= 4 is 27.5 Å². The van der Waals surface area contributed by atoms with E-state index < -0.39 is 0 Å². The van der Waals surface area contributed by atoms with E-state index >= 15 is 0 Å². The Hall–Kier alpha value is -0.870. The van der Waals surface area contributed by atoms with Gasteiger partial charge in [-0.25, -0.2) is 0 Å². The Bertz CT molecular complexity index is 422. The monoisotopic (exact) mass is 324 g/mol. The van der Waals surface area contributed by atoms with Gasteiger partial charge < -0.3 is 10.6 Å².